The third kappa shape index (κ3) is 4.39. The number of benzene rings is 1. The lowest BCUT2D eigenvalue weighted by Gasteiger charge is -2.21. The molecule has 1 fully saturated rings. The summed E-state index contributed by atoms with van der Waals surface area (Å²) in [4.78, 5) is 15.7. The summed E-state index contributed by atoms with van der Waals surface area (Å²) < 4.78 is 17.0. The third-order valence-corrected chi connectivity index (χ3v) is 5.82. The van der Waals surface area contributed by atoms with Gasteiger partial charge in [-0.2, -0.15) is 4.98 Å². The van der Waals surface area contributed by atoms with Crippen molar-refractivity contribution in [2.75, 3.05) is 51.1 Å². The summed E-state index contributed by atoms with van der Waals surface area (Å²) in [5.74, 6) is 2.98. The minimum absolute atomic E-state index is 0.336. The number of hydrogen-bond acceptors (Lipinski definition) is 9. The first-order valence-corrected chi connectivity index (χ1v) is 10.7. The highest BCUT2D eigenvalue weighted by atomic mass is 16.5. The number of nitrogen functional groups attached to an aromatic ring is 1. The molecule has 9 heteroatoms. The molecule has 1 aliphatic rings. The maximum absolute atomic E-state index is 6.37. The SMILES string of the molecule is COCCN[C@@H]1CCN(c2cc3ncnc(N)c3c(Oc3c(C)ccc(OC)c3C)n2)C1. The largest absolute Gasteiger partial charge is 0.496 e. The van der Waals surface area contributed by atoms with Crippen molar-refractivity contribution >= 4 is 22.5 Å². The van der Waals surface area contributed by atoms with Crippen LogP contribution in [0.3, 0.4) is 0 Å². The number of nitrogens with one attached hydrogen (secondary N) is 1. The molecule has 0 amide bonds. The molecule has 170 valence electrons. The molecule has 9 nitrogen and oxygen atoms in total. The van der Waals surface area contributed by atoms with Crippen molar-refractivity contribution in [1.29, 1.82) is 0 Å². The summed E-state index contributed by atoms with van der Waals surface area (Å²) in [6, 6.07) is 6.22. The Morgan fingerprint density at radius 3 is 2.84 bits per heavy atom. The van der Waals surface area contributed by atoms with E-state index in [9.17, 15) is 0 Å². The minimum atomic E-state index is 0.336. The molecule has 2 aromatic heterocycles. The lowest BCUT2D eigenvalue weighted by atomic mass is 10.1. The Balaban J connectivity index is 1.70. The van der Waals surface area contributed by atoms with Gasteiger partial charge in [0.15, 0.2) is 0 Å². The normalized spacial score (nSPS) is 16.0. The van der Waals surface area contributed by atoms with Crippen LogP contribution in [0.15, 0.2) is 24.5 Å². The molecule has 0 unspecified atom stereocenters. The van der Waals surface area contributed by atoms with Gasteiger partial charge in [0.25, 0.3) is 0 Å². The van der Waals surface area contributed by atoms with E-state index in [0.29, 0.717) is 41.0 Å². The van der Waals surface area contributed by atoms with Crippen LogP contribution >= 0.6 is 0 Å². The van der Waals surface area contributed by atoms with E-state index in [1.807, 2.05) is 32.0 Å². The summed E-state index contributed by atoms with van der Waals surface area (Å²) in [6.45, 7) is 7.21. The van der Waals surface area contributed by atoms with E-state index in [0.717, 1.165) is 48.7 Å². The Bertz CT molecular complexity index is 1110. The first-order valence-electron chi connectivity index (χ1n) is 10.7. The van der Waals surface area contributed by atoms with Gasteiger partial charge in [0.05, 0.1) is 19.2 Å². The van der Waals surface area contributed by atoms with Gasteiger partial charge in [-0.25, -0.2) is 9.97 Å². The van der Waals surface area contributed by atoms with E-state index < -0.39 is 0 Å². The number of hydrogen-bond donors (Lipinski definition) is 2. The van der Waals surface area contributed by atoms with Crippen molar-refractivity contribution in [3.63, 3.8) is 0 Å². The Labute approximate surface area is 187 Å². The lowest BCUT2D eigenvalue weighted by Crippen LogP contribution is -2.34. The predicted molar refractivity (Wildman–Crippen MR) is 125 cm³/mol. The van der Waals surface area contributed by atoms with Crippen LogP contribution < -0.4 is 25.4 Å². The van der Waals surface area contributed by atoms with Gasteiger partial charge in [0.1, 0.15) is 34.8 Å². The Morgan fingerprint density at radius 1 is 1.22 bits per heavy atom. The zero-order chi connectivity index (χ0) is 22.7. The van der Waals surface area contributed by atoms with Crippen molar-refractivity contribution in [2.45, 2.75) is 26.3 Å². The van der Waals surface area contributed by atoms with Gasteiger partial charge in [0, 0.05) is 44.4 Å². The molecule has 3 N–H and O–H groups in total. The Hall–Kier alpha value is -3.17. The van der Waals surface area contributed by atoms with E-state index in [2.05, 4.69) is 20.2 Å². The molecular formula is C23H30N6O3. The van der Waals surface area contributed by atoms with Crippen LogP contribution in [0.25, 0.3) is 10.9 Å². The first-order chi connectivity index (χ1) is 15.5. The standard InChI is InChI=1S/C23H30N6O3/c1-14-5-6-18(31-4)15(2)21(14)32-23-20-17(26-13-27-22(20)24)11-19(28-23)29-9-7-16(12-29)25-8-10-30-3/h5-6,11,13,16,25H,7-10,12H2,1-4H3,(H2,24,26,27)/t16-/m1/s1. The number of fused-ring (bicyclic) bond motifs is 1. The molecule has 1 aromatic carbocycles. The number of aromatic nitrogens is 3. The maximum atomic E-state index is 6.37. The highest BCUT2D eigenvalue weighted by molar-refractivity contribution is 5.94. The zero-order valence-corrected chi connectivity index (χ0v) is 19.0. The average molecular weight is 439 g/mol. The van der Waals surface area contributed by atoms with Crippen LogP contribution in [0.4, 0.5) is 11.6 Å². The van der Waals surface area contributed by atoms with Crippen LogP contribution in [0, 0.1) is 13.8 Å². The van der Waals surface area contributed by atoms with E-state index in [4.69, 9.17) is 24.9 Å². The van der Waals surface area contributed by atoms with Crippen LogP contribution in [-0.2, 0) is 4.74 Å². The molecule has 4 rings (SSSR count). The quantitative estimate of drug-likeness (QED) is 0.513. The molecular weight excluding hydrogens is 408 g/mol. The lowest BCUT2D eigenvalue weighted by molar-refractivity contribution is 0.196. The number of rotatable bonds is 8. The predicted octanol–water partition coefficient (Wildman–Crippen LogP) is 2.84. The smallest absolute Gasteiger partial charge is 0.234 e. The topological polar surface area (TPSA) is 108 Å². The number of methoxy groups -OCH3 is 2. The Morgan fingerprint density at radius 2 is 2.06 bits per heavy atom. The minimum Gasteiger partial charge on any atom is -0.496 e. The molecule has 3 heterocycles. The van der Waals surface area contributed by atoms with Crippen molar-refractivity contribution in [1.82, 2.24) is 20.3 Å². The van der Waals surface area contributed by atoms with E-state index >= 15 is 0 Å². The molecule has 32 heavy (non-hydrogen) atoms. The molecule has 0 aliphatic carbocycles. The fourth-order valence-corrected chi connectivity index (χ4v) is 4.08. The van der Waals surface area contributed by atoms with Crippen LogP contribution in [0.2, 0.25) is 0 Å². The second-order valence-corrected chi connectivity index (χ2v) is 7.96. The Kier molecular flexibility index (Phi) is 6.57. The molecule has 0 bridgehead atoms. The number of nitrogens with two attached hydrogens (primary N) is 1. The van der Waals surface area contributed by atoms with Gasteiger partial charge in [-0.15, -0.1) is 0 Å². The van der Waals surface area contributed by atoms with Gasteiger partial charge in [-0.1, -0.05) is 6.07 Å². The average Bonchev–Trinajstić information content (AvgIpc) is 3.26. The fraction of sp³-hybridized carbons (Fsp3) is 0.435. The summed E-state index contributed by atoms with van der Waals surface area (Å²) in [6.07, 6.45) is 2.49. The molecule has 1 aliphatic heterocycles. The second-order valence-electron chi connectivity index (χ2n) is 7.96. The zero-order valence-electron chi connectivity index (χ0n) is 19.0. The number of anilines is 2. The molecule has 1 atom stereocenters. The van der Waals surface area contributed by atoms with Crippen LogP contribution in [0.1, 0.15) is 17.5 Å². The van der Waals surface area contributed by atoms with E-state index in [-0.39, 0.29) is 0 Å². The first kappa shape index (κ1) is 22.0. The monoisotopic (exact) mass is 438 g/mol. The molecule has 0 spiro atoms. The fourth-order valence-electron chi connectivity index (χ4n) is 4.08. The third-order valence-electron chi connectivity index (χ3n) is 5.82. The molecule has 0 radical (unpaired) electrons. The number of pyridine rings is 1. The van der Waals surface area contributed by atoms with Crippen LogP contribution in [-0.4, -0.2) is 61.5 Å². The maximum Gasteiger partial charge on any atom is 0.234 e. The van der Waals surface area contributed by atoms with Crippen molar-refractivity contribution in [2.24, 2.45) is 0 Å². The molecule has 0 saturated carbocycles. The number of ether oxygens (including phenoxy) is 3. The van der Waals surface area contributed by atoms with Crippen molar-refractivity contribution in [3.8, 4) is 17.4 Å². The highest BCUT2D eigenvalue weighted by Crippen LogP contribution is 2.38. The van der Waals surface area contributed by atoms with Crippen molar-refractivity contribution < 1.29 is 14.2 Å². The highest BCUT2D eigenvalue weighted by Gasteiger charge is 2.25. The van der Waals surface area contributed by atoms with Gasteiger partial charge < -0.3 is 30.2 Å². The van der Waals surface area contributed by atoms with Crippen LogP contribution in [0.5, 0.6) is 17.4 Å². The number of aryl methyl sites for hydroxylation is 1. The molecule has 3 aromatic rings. The summed E-state index contributed by atoms with van der Waals surface area (Å²) in [7, 11) is 3.36. The van der Waals surface area contributed by atoms with Crippen molar-refractivity contribution in [3.05, 3.63) is 35.7 Å². The summed E-state index contributed by atoms with van der Waals surface area (Å²) in [5.41, 5.74) is 8.78. The summed E-state index contributed by atoms with van der Waals surface area (Å²) >= 11 is 0. The second kappa shape index (κ2) is 9.54. The number of nitrogens with zero attached hydrogens (tertiary/aromatic N) is 4. The van der Waals surface area contributed by atoms with Gasteiger partial charge in [-0.3, -0.25) is 0 Å². The van der Waals surface area contributed by atoms with Gasteiger partial charge in [-0.05, 0) is 31.9 Å². The molecule has 1 saturated heterocycles. The van der Waals surface area contributed by atoms with Gasteiger partial charge in [0.2, 0.25) is 5.88 Å². The summed E-state index contributed by atoms with van der Waals surface area (Å²) in [5, 5.41) is 4.13. The van der Waals surface area contributed by atoms with E-state index in [1.54, 1.807) is 14.2 Å². The van der Waals surface area contributed by atoms with Gasteiger partial charge >= 0.3 is 0 Å². The van der Waals surface area contributed by atoms with E-state index in [1.165, 1.54) is 6.33 Å².